The topological polar surface area (TPSA) is 58.2 Å². The summed E-state index contributed by atoms with van der Waals surface area (Å²) in [5.74, 6) is 0. The number of hydrogen-bond acceptors (Lipinski definition) is 3. The molecule has 94 valence electrons. The number of halogens is 1. The van der Waals surface area contributed by atoms with Crippen molar-refractivity contribution in [1.29, 1.82) is 0 Å². The summed E-state index contributed by atoms with van der Waals surface area (Å²) in [5.41, 5.74) is 0.941. The van der Waals surface area contributed by atoms with Crippen molar-refractivity contribution < 1.29 is 8.42 Å². The summed E-state index contributed by atoms with van der Waals surface area (Å²) in [7, 11) is -3.51. The van der Waals surface area contributed by atoms with E-state index in [-0.39, 0.29) is 16.0 Å². The molecule has 0 radical (unpaired) electrons. The number of nitrogens with one attached hydrogen (secondary N) is 2. The molecule has 0 aliphatic carbocycles. The Bertz CT molecular complexity index is 510. The van der Waals surface area contributed by atoms with Crippen LogP contribution < -0.4 is 10.0 Å². The molecule has 17 heavy (non-hydrogen) atoms. The van der Waals surface area contributed by atoms with Crippen LogP contribution in [0.3, 0.4) is 0 Å². The molecule has 1 aliphatic heterocycles. The van der Waals surface area contributed by atoms with Gasteiger partial charge in [-0.2, -0.15) is 0 Å². The lowest BCUT2D eigenvalue weighted by molar-refractivity contribution is 0.560. The van der Waals surface area contributed by atoms with Gasteiger partial charge in [-0.3, -0.25) is 0 Å². The first-order valence-corrected chi connectivity index (χ1v) is 7.34. The first-order valence-electron chi connectivity index (χ1n) is 5.48. The van der Waals surface area contributed by atoms with E-state index >= 15 is 0 Å². The molecule has 0 bridgehead atoms. The molecule has 0 spiro atoms. The van der Waals surface area contributed by atoms with Crippen molar-refractivity contribution in [3.8, 4) is 0 Å². The maximum absolute atomic E-state index is 12.1. The molecule has 0 amide bonds. The minimum absolute atomic E-state index is 0.0441. The highest BCUT2D eigenvalue weighted by Crippen LogP contribution is 2.22. The van der Waals surface area contributed by atoms with Crippen LogP contribution in [-0.2, 0) is 10.0 Å². The molecule has 1 aliphatic rings. The molecule has 1 saturated heterocycles. The van der Waals surface area contributed by atoms with Gasteiger partial charge in [-0.1, -0.05) is 17.7 Å². The van der Waals surface area contributed by atoms with Crippen LogP contribution in [0.25, 0.3) is 0 Å². The summed E-state index contributed by atoms with van der Waals surface area (Å²) in [6.45, 7) is 3.38. The van der Waals surface area contributed by atoms with Crippen LogP contribution in [0.4, 0.5) is 0 Å². The van der Waals surface area contributed by atoms with Crippen LogP contribution in [0.2, 0.25) is 5.02 Å². The Morgan fingerprint density at radius 1 is 1.47 bits per heavy atom. The molecule has 1 heterocycles. The Labute approximate surface area is 106 Å². The summed E-state index contributed by atoms with van der Waals surface area (Å²) in [4.78, 5) is 0.150. The summed E-state index contributed by atoms with van der Waals surface area (Å²) in [5, 5.41) is 3.38. The van der Waals surface area contributed by atoms with Crippen LogP contribution in [0.15, 0.2) is 23.1 Å². The first-order chi connectivity index (χ1) is 7.99. The molecule has 6 heteroatoms. The Morgan fingerprint density at radius 2 is 2.24 bits per heavy atom. The molecule has 2 N–H and O–H groups in total. The largest absolute Gasteiger partial charge is 0.315 e. The van der Waals surface area contributed by atoms with Crippen molar-refractivity contribution in [3.63, 3.8) is 0 Å². The van der Waals surface area contributed by atoms with Crippen molar-refractivity contribution in [1.82, 2.24) is 10.0 Å². The minimum atomic E-state index is -3.51. The van der Waals surface area contributed by atoms with E-state index in [1.165, 1.54) is 0 Å². The van der Waals surface area contributed by atoms with Crippen molar-refractivity contribution in [2.45, 2.75) is 24.3 Å². The highest BCUT2D eigenvalue weighted by molar-refractivity contribution is 7.89. The number of aryl methyl sites for hydroxylation is 1. The number of benzene rings is 1. The van der Waals surface area contributed by atoms with Gasteiger partial charge in [0.25, 0.3) is 0 Å². The van der Waals surface area contributed by atoms with Gasteiger partial charge in [0.1, 0.15) is 4.90 Å². The zero-order chi connectivity index (χ0) is 12.5. The molecule has 2 rings (SSSR count). The van der Waals surface area contributed by atoms with Crippen molar-refractivity contribution in [2.75, 3.05) is 13.1 Å². The third kappa shape index (κ3) is 2.98. The summed E-state index contributed by atoms with van der Waals surface area (Å²) >= 11 is 5.96. The van der Waals surface area contributed by atoms with Gasteiger partial charge in [0.2, 0.25) is 10.0 Å². The van der Waals surface area contributed by atoms with Gasteiger partial charge in [0, 0.05) is 12.6 Å². The maximum atomic E-state index is 12.1. The lowest BCUT2D eigenvalue weighted by Crippen LogP contribution is -2.36. The second kappa shape index (κ2) is 4.94. The molecule has 1 fully saturated rings. The normalized spacial score (nSPS) is 20.7. The number of hydrogen-bond donors (Lipinski definition) is 2. The summed E-state index contributed by atoms with van der Waals surface area (Å²) in [6, 6.07) is 4.90. The van der Waals surface area contributed by atoms with Crippen LogP contribution >= 0.6 is 11.6 Å². The fourth-order valence-electron chi connectivity index (χ4n) is 1.86. The zero-order valence-electron chi connectivity index (χ0n) is 9.53. The van der Waals surface area contributed by atoms with E-state index in [9.17, 15) is 8.42 Å². The Morgan fingerprint density at radius 3 is 2.82 bits per heavy atom. The predicted octanol–water partition coefficient (Wildman–Crippen LogP) is 1.29. The Kier molecular flexibility index (Phi) is 3.73. The van der Waals surface area contributed by atoms with E-state index in [1.54, 1.807) is 18.2 Å². The van der Waals surface area contributed by atoms with E-state index in [0.29, 0.717) is 6.54 Å². The van der Waals surface area contributed by atoms with Crippen molar-refractivity contribution >= 4 is 21.6 Å². The molecule has 4 nitrogen and oxygen atoms in total. The first kappa shape index (κ1) is 12.8. The molecule has 1 aromatic rings. The van der Waals surface area contributed by atoms with Crippen LogP contribution in [0.1, 0.15) is 12.0 Å². The molecule has 1 atom stereocenters. The van der Waals surface area contributed by atoms with E-state index in [0.717, 1.165) is 18.5 Å². The lowest BCUT2D eigenvalue weighted by Gasteiger charge is -2.13. The van der Waals surface area contributed by atoms with Crippen molar-refractivity contribution in [2.24, 2.45) is 0 Å². The van der Waals surface area contributed by atoms with Gasteiger partial charge < -0.3 is 5.32 Å². The average Bonchev–Trinajstić information content (AvgIpc) is 2.68. The summed E-state index contributed by atoms with van der Waals surface area (Å²) < 4.78 is 26.9. The predicted molar refractivity (Wildman–Crippen MR) is 67.8 cm³/mol. The minimum Gasteiger partial charge on any atom is -0.315 e. The molecular weight excluding hydrogens is 260 g/mol. The van der Waals surface area contributed by atoms with Gasteiger partial charge in [-0.15, -0.1) is 0 Å². The fraction of sp³-hybridized carbons (Fsp3) is 0.455. The van der Waals surface area contributed by atoms with Gasteiger partial charge >= 0.3 is 0 Å². The van der Waals surface area contributed by atoms with Crippen molar-refractivity contribution in [3.05, 3.63) is 28.8 Å². The third-order valence-corrected chi connectivity index (χ3v) is 4.76. The van der Waals surface area contributed by atoms with E-state index in [4.69, 9.17) is 11.6 Å². The van der Waals surface area contributed by atoms with E-state index < -0.39 is 10.0 Å². The highest BCUT2D eigenvalue weighted by Gasteiger charge is 2.24. The number of sulfonamides is 1. The van der Waals surface area contributed by atoms with Gasteiger partial charge in [-0.05, 0) is 37.6 Å². The average molecular weight is 275 g/mol. The third-order valence-electron chi connectivity index (χ3n) is 2.76. The molecular formula is C11H15ClN2O2S. The standard InChI is InChI=1S/C11H15ClN2O2S/c1-8-2-3-11(10(12)6-8)17(15,16)14-9-4-5-13-7-9/h2-3,6,9,13-14H,4-5,7H2,1H3/t9-/m0/s1. The Hall–Kier alpha value is -0.620. The second-order valence-electron chi connectivity index (χ2n) is 4.24. The van der Waals surface area contributed by atoms with Gasteiger partial charge in [-0.25, -0.2) is 13.1 Å². The van der Waals surface area contributed by atoms with Crippen LogP contribution in [0.5, 0.6) is 0 Å². The van der Waals surface area contributed by atoms with E-state index in [1.807, 2.05) is 6.92 Å². The Balaban J connectivity index is 2.24. The number of rotatable bonds is 3. The maximum Gasteiger partial charge on any atom is 0.242 e. The monoisotopic (exact) mass is 274 g/mol. The molecule has 0 saturated carbocycles. The lowest BCUT2D eigenvalue weighted by atomic mass is 10.2. The van der Waals surface area contributed by atoms with Gasteiger partial charge in [0.15, 0.2) is 0 Å². The molecule has 0 aromatic heterocycles. The quantitative estimate of drug-likeness (QED) is 0.873. The van der Waals surface area contributed by atoms with Crippen LogP contribution in [-0.4, -0.2) is 27.5 Å². The zero-order valence-corrected chi connectivity index (χ0v) is 11.1. The SMILES string of the molecule is Cc1ccc(S(=O)(=O)N[C@H]2CCNC2)c(Cl)c1. The fourth-order valence-corrected chi connectivity index (χ4v) is 3.73. The smallest absolute Gasteiger partial charge is 0.242 e. The van der Waals surface area contributed by atoms with Gasteiger partial charge in [0.05, 0.1) is 5.02 Å². The highest BCUT2D eigenvalue weighted by atomic mass is 35.5. The second-order valence-corrected chi connectivity index (χ2v) is 6.33. The molecule has 0 unspecified atom stereocenters. The van der Waals surface area contributed by atoms with Crippen LogP contribution in [0, 0.1) is 6.92 Å². The van der Waals surface area contributed by atoms with E-state index in [2.05, 4.69) is 10.0 Å². The summed E-state index contributed by atoms with van der Waals surface area (Å²) in [6.07, 6.45) is 0.808. The molecule has 1 aromatic carbocycles.